The lowest BCUT2D eigenvalue weighted by Gasteiger charge is -2.31. The Morgan fingerprint density at radius 1 is 1.40 bits per heavy atom. The van der Waals surface area contributed by atoms with E-state index in [-0.39, 0.29) is 24.3 Å². The Hall–Kier alpha value is -0.610. The van der Waals surface area contributed by atoms with E-state index in [0.29, 0.717) is 19.4 Å². The van der Waals surface area contributed by atoms with E-state index in [0.717, 1.165) is 12.8 Å². The molecule has 0 radical (unpaired) electrons. The molecule has 2 atom stereocenters. The van der Waals surface area contributed by atoms with E-state index in [4.69, 9.17) is 15.2 Å². The van der Waals surface area contributed by atoms with Crippen LogP contribution in [0.2, 0.25) is 0 Å². The molecule has 1 aliphatic heterocycles. The zero-order valence-electron chi connectivity index (χ0n) is 9.57. The van der Waals surface area contributed by atoms with Crippen molar-refractivity contribution >= 4 is 5.97 Å². The van der Waals surface area contributed by atoms with Crippen LogP contribution in [0.5, 0.6) is 0 Å². The van der Waals surface area contributed by atoms with Gasteiger partial charge in [0.25, 0.3) is 0 Å². The molecule has 4 nitrogen and oxygen atoms in total. The Kier molecular flexibility index (Phi) is 5.05. The number of rotatable bonds is 4. The predicted molar refractivity (Wildman–Crippen MR) is 57.4 cm³/mol. The third-order valence-corrected chi connectivity index (χ3v) is 2.54. The lowest BCUT2D eigenvalue weighted by molar-refractivity contribution is -0.159. The normalized spacial score (nSPS) is 31.3. The fraction of sp³-hybridized carbons (Fsp3) is 0.909. The molecule has 0 bridgehead atoms. The van der Waals surface area contributed by atoms with Gasteiger partial charge in [0.05, 0.1) is 12.2 Å². The zero-order valence-corrected chi connectivity index (χ0v) is 9.57. The highest BCUT2D eigenvalue weighted by atomic mass is 16.6. The van der Waals surface area contributed by atoms with Gasteiger partial charge < -0.3 is 15.2 Å². The van der Waals surface area contributed by atoms with Crippen LogP contribution < -0.4 is 5.73 Å². The molecule has 2 N–H and O–H groups in total. The van der Waals surface area contributed by atoms with Crippen LogP contribution in [0, 0.1) is 0 Å². The van der Waals surface area contributed by atoms with E-state index >= 15 is 0 Å². The summed E-state index contributed by atoms with van der Waals surface area (Å²) in [5.74, 6) is -0.133. The van der Waals surface area contributed by atoms with Gasteiger partial charge in [-0.2, -0.15) is 0 Å². The molecule has 0 aromatic carbocycles. The average molecular weight is 215 g/mol. The molecule has 1 aliphatic rings. The molecule has 88 valence electrons. The highest BCUT2D eigenvalue weighted by molar-refractivity contribution is 5.69. The second-order valence-electron chi connectivity index (χ2n) is 4.23. The summed E-state index contributed by atoms with van der Waals surface area (Å²) in [6.45, 7) is 4.56. The standard InChI is InChI=1S/C11H21NO3/c1-8-6-10(7-9(2)14-8)15-11(13)4-3-5-12/h8-10H,3-7,12H2,1-2H3. The van der Waals surface area contributed by atoms with Gasteiger partial charge in [-0.15, -0.1) is 0 Å². The molecule has 4 heteroatoms. The number of hydrogen-bond acceptors (Lipinski definition) is 4. The summed E-state index contributed by atoms with van der Waals surface area (Å²) < 4.78 is 10.9. The van der Waals surface area contributed by atoms with Gasteiger partial charge in [0.15, 0.2) is 0 Å². The maximum absolute atomic E-state index is 11.4. The minimum atomic E-state index is -0.133. The van der Waals surface area contributed by atoms with Crippen molar-refractivity contribution in [1.82, 2.24) is 0 Å². The van der Waals surface area contributed by atoms with E-state index in [2.05, 4.69) is 0 Å². The van der Waals surface area contributed by atoms with Crippen molar-refractivity contribution < 1.29 is 14.3 Å². The predicted octanol–water partition coefficient (Wildman–Crippen LogP) is 1.22. The maximum atomic E-state index is 11.4. The number of ether oxygens (including phenoxy) is 2. The van der Waals surface area contributed by atoms with Crippen molar-refractivity contribution in [2.45, 2.75) is 57.8 Å². The van der Waals surface area contributed by atoms with Crippen LogP contribution in [0.4, 0.5) is 0 Å². The molecular weight excluding hydrogens is 194 g/mol. The number of esters is 1. The first-order valence-corrected chi connectivity index (χ1v) is 5.66. The summed E-state index contributed by atoms with van der Waals surface area (Å²) in [7, 11) is 0. The molecule has 1 saturated heterocycles. The first kappa shape index (κ1) is 12.5. The molecule has 0 saturated carbocycles. The van der Waals surface area contributed by atoms with Crippen molar-refractivity contribution in [3.8, 4) is 0 Å². The molecule has 0 aromatic heterocycles. The van der Waals surface area contributed by atoms with Crippen molar-refractivity contribution in [1.29, 1.82) is 0 Å². The second kappa shape index (κ2) is 6.08. The van der Waals surface area contributed by atoms with Gasteiger partial charge >= 0.3 is 5.97 Å². The molecule has 0 spiro atoms. The quantitative estimate of drug-likeness (QED) is 0.716. The third-order valence-electron chi connectivity index (χ3n) is 2.54. The van der Waals surface area contributed by atoms with E-state index in [9.17, 15) is 4.79 Å². The van der Waals surface area contributed by atoms with Crippen LogP contribution in [-0.4, -0.2) is 30.8 Å². The molecule has 1 rings (SSSR count). The van der Waals surface area contributed by atoms with Gasteiger partial charge in [-0.25, -0.2) is 0 Å². The largest absolute Gasteiger partial charge is 0.462 e. The van der Waals surface area contributed by atoms with Crippen molar-refractivity contribution in [2.75, 3.05) is 6.54 Å². The van der Waals surface area contributed by atoms with Gasteiger partial charge in [-0.3, -0.25) is 4.79 Å². The molecule has 0 aliphatic carbocycles. The average Bonchev–Trinajstić information content (AvgIpc) is 2.13. The number of nitrogens with two attached hydrogens (primary N) is 1. The monoisotopic (exact) mass is 215 g/mol. The van der Waals surface area contributed by atoms with E-state index in [1.54, 1.807) is 0 Å². The highest BCUT2D eigenvalue weighted by Gasteiger charge is 2.26. The van der Waals surface area contributed by atoms with E-state index < -0.39 is 0 Å². The first-order chi connectivity index (χ1) is 7.11. The topological polar surface area (TPSA) is 61.5 Å². The summed E-state index contributed by atoms with van der Waals surface area (Å²) in [4.78, 5) is 11.4. The lowest BCUT2D eigenvalue weighted by Crippen LogP contribution is -2.35. The van der Waals surface area contributed by atoms with Crippen LogP contribution in [-0.2, 0) is 14.3 Å². The Balaban J connectivity index is 2.27. The molecule has 15 heavy (non-hydrogen) atoms. The van der Waals surface area contributed by atoms with Crippen LogP contribution in [0.1, 0.15) is 39.5 Å². The maximum Gasteiger partial charge on any atom is 0.306 e. The summed E-state index contributed by atoms with van der Waals surface area (Å²) in [5, 5.41) is 0. The van der Waals surface area contributed by atoms with Crippen LogP contribution in [0.15, 0.2) is 0 Å². The Morgan fingerprint density at radius 2 is 2.00 bits per heavy atom. The smallest absolute Gasteiger partial charge is 0.306 e. The third kappa shape index (κ3) is 4.62. The minimum Gasteiger partial charge on any atom is -0.462 e. The Bertz CT molecular complexity index is 198. The summed E-state index contributed by atoms with van der Waals surface area (Å²) in [6, 6.07) is 0. The van der Waals surface area contributed by atoms with Crippen LogP contribution in [0.25, 0.3) is 0 Å². The molecule has 1 heterocycles. The van der Waals surface area contributed by atoms with Gasteiger partial charge in [0.1, 0.15) is 6.10 Å². The van der Waals surface area contributed by atoms with E-state index in [1.165, 1.54) is 0 Å². The highest BCUT2D eigenvalue weighted by Crippen LogP contribution is 2.21. The van der Waals surface area contributed by atoms with Crippen molar-refractivity contribution in [3.63, 3.8) is 0 Å². The summed E-state index contributed by atoms with van der Waals surface area (Å²) in [5.41, 5.74) is 5.33. The van der Waals surface area contributed by atoms with Crippen molar-refractivity contribution in [3.05, 3.63) is 0 Å². The molecular formula is C11H21NO3. The van der Waals surface area contributed by atoms with Gasteiger partial charge in [-0.05, 0) is 26.8 Å². The fourth-order valence-corrected chi connectivity index (χ4v) is 1.93. The Morgan fingerprint density at radius 3 is 2.53 bits per heavy atom. The zero-order chi connectivity index (χ0) is 11.3. The molecule has 0 amide bonds. The number of hydrogen-bond donors (Lipinski definition) is 1. The summed E-state index contributed by atoms with van der Waals surface area (Å²) in [6.07, 6.45) is 3.12. The summed E-state index contributed by atoms with van der Waals surface area (Å²) >= 11 is 0. The first-order valence-electron chi connectivity index (χ1n) is 5.66. The van der Waals surface area contributed by atoms with Crippen LogP contribution >= 0.6 is 0 Å². The SMILES string of the molecule is CC1CC(OC(=O)CCCN)CC(C)O1. The van der Waals surface area contributed by atoms with Gasteiger partial charge in [0, 0.05) is 19.3 Å². The molecule has 0 aromatic rings. The Labute approximate surface area is 91.1 Å². The van der Waals surface area contributed by atoms with Crippen LogP contribution in [0.3, 0.4) is 0 Å². The lowest BCUT2D eigenvalue weighted by atomic mass is 10.0. The number of carbonyl (C=O) groups is 1. The van der Waals surface area contributed by atoms with E-state index in [1.807, 2.05) is 13.8 Å². The molecule has 2 unspecified atom stereocenters. The van der Waals surface area contributed by atoms with Gasteiger partial charge in [-0.1, -0.05) is 0 Å². The second-order valence-corrected chi connectivity index (χ2v) is 4.23. The van der Waals surface area contributed by atoms with Gasteiger partial charge in [0.2, 0.25) is 0 Å². The minimum absolute atomic E-state index is 0.0222. The fourth-order valence-electron chi connectivity index (χ4n) is 1.93. The molecule has 1 fully saturated rings. The number of carbonyl (C=O) groups excluding carboxylic acids is 1. The van der Waals surface area contributed by atoms with Crippen molar-refractivity contribution in [2.24, 2.45) is 5.73 Å².